The Bertz CT molecular complexity index is 1570. The highest BCUT2D eigenvalue weighted by Crippen LogP contribution is 2.40. The Morgan fingerprint density at radius 2 is 1.80 bits per heavy atom. The number of nitrogens with one attached hydrogen (secondary N) is 5. The number of hydrogen-bond acceptors (Lipinski definition) is 14. The van der Waals surface area contributed by atoms with Crippen LogP contribution in [0, 0.1) is 0 Å². The molecule has 4 rings (SSSR count). The van der Waals surface area contributed by atoms with Gasteiger partial charge in [-0.25, -0.2) is 19.4 Å². The number of carboxylic acids is 1. The van der Waals surface area contributed by atoms with Gasteiger partial charge in [-0.05, 0) is 54.5 Å². The van der Waals surface area contributed by atoms with E-state index in [4.69, 9.17) is 14.3 Å². The van der Waals surface area contributed by atoms with Crippen molar-refractivity contribution in [1.82, 2.24) is 41.2 Å². The number of thiazole rings is 1. The first-order valence-electron chi connectivity index (χ1n) is 15.6. The van der Waals surface area contributed by atoms with Gasteiger partial charge in [-0.1, -0.05) is 5.16 Å². The highest BCUT2D eigenvalue weighted by molar-refractivity contribution is 7.14. The first kappa shape index (κ1) is 37.0. The maximum absolute atomic E-state index is 13.4. The Kier molecular flexibility index (Phi) is 11.4. The van der Waals surface area contributed by atoms with Crippen LogP contribution >= 0.6 is 11.3 Å². The summed E-state index contributed by atoms with van der Waals surface area (Å²) in [5, 5.41) is 37.2. The molecule has 19 nitrogen and oxygen atoms in total. The number of alkyl carbamates (subject to hydrolysis) is 1. The molecule has 1 saturated carbocycles. The van der Waals surface area contributed by atoms with Crippen molar-refractivity contribution in [3.05, 3.63) is 23.0 Å². The van der Waals surface area contributed by atoms with E-state index >= 15 is 0 Å². The van der Waals surface area contributed by atoms with Crippen LogP contribution in [0.15, 0.2) is 16.7 Å². The lowest BCUT2D eigenvalue weighted by Gasteiger charge is -2.36. The summed E-state index contributed by atoms with van der Waals surface area (Å²) in [6, 6.07) is -1.56. The van der Waals surface area contributed by atoms with Crippen LogP contribution in [0.3, 0.4) is 0 Å². The molecular weight excluding hydrogens is 664 g/mol. The predicted octanol–water partition coefficient (Wildman–Crippen LogP) is 1.11. The summed E-state index contributed by atoms with van der Waals surface area (Å²) in [5.41, 5.74) is -2.63. The summed E-state index contributed by atoms with van der Waals surface area (Å²) >= 11 is 0.979. The Labute approximate surface area is 285 Å². The van der Waals surface area contributed by atoms with E-state index in [1.165, 1.54) is 10.2 Å². The molecule has 0 bridgehead atoms. The van der Waals surface area contributed by atoms with E-state index in [0.717, 1.165) is 11.3 Å². The van der Waals surface area contributed by atoms with Crippen LogP contribution in [-0.4, -0.2) is 103 Å². The van der Waals surface area contributed by atoms with Gasteiger partial charge < -0.3 is 40.7 Å². The van der Waals surface area contributed by atoms with E-state index in [-0.39, 0.29) is 35.9 Å². The SMILES string of the molecule is CC(C)(C)OC(=O)NCCCNCc1cnn(C[C@@H]2NC(=O)[C@H]2NC(=O)C(=NOC2(C(=O)O)CC2)c2csc(NC(=O)OC(C)(C)C)n2)n1. The van der Waals surface area contributed by atoms with E-state index < -0.39 is 58.9 Å². The van der Waals surface area contributed by atoms with Crippen LogP contribution in [0.25, 0.3) is 0 Å². The summed E-state index contributed by atoms with van der Waals surface area (Å²) in [5.74, 6) is -2.53. The second kappa shape index (κ2) is 15.1. The lowest BCUT2D eigenvalue weighted by molar-refractivity contribution is -0.153. The Morgan fingerprint density at radius 3 is 2.43 bits per heavy atom. The number of hydrogen-bond donors (Lipinski definition) is 6. The number of nitrogens with zero attached hydrogens (tertiary/aromatic N) is 5. The standard InChI is InChI=1S/C29H42N10O9S/c1-27(2,3)46-25(44)31-11-7-10-30-12-16-13-32-39(37-16)14-17-19(21(40)33-17)35-22(41)20(38-48-29(8-9-29)23(42)43)18-15-49-24(34-18)36-26(45)47-28(4,5)6/h13,15,17,19,30H,7-12,14H2,1-6H3,(H,31,44)(H,33,40)(H,35,41)(H,42,43)(H,34,36,45)/t17-,19-/m0/s1. The fraction of sp³-hybridized carbons (Fsp3) is 0.621. The summed E-state index contributed by atoms with van der Waals surface area (Å²) in [6.07, 6.45) is 1.41. The Hall–Kier alpha value is -4.85. The third-order valence-corrected chi connectivity index (χ3v) is 7.48. The number of oxime groups is 1. The predicted molar refractivity (Wildman–Crippen MR) is 174 cm³/mol. The number of carbonyl (C=O) groups excluding carboxylic acids is 4. The summed E-state index contributed by atoms with van der Waals surface area (Å²) in [6.45, 7) is 12.1. The summed E-state index contributed by atoms with van der Waals surface area (Å²) < 4.78 is 10.4. The third-order valence-electron chi connectivity index (χ3n) is 6.72. The molecule has 2 aromatic rings. The van der Waals surface area contributed by atoms with Crippen LogP contribution < -0.4 is 26.6 Å². The first-order chi connectivity index (χ1) is 22.9. The van der Waals surface area contributed by atoms with E-state index in [1.54, 1.807) is 47.7 Å². The molecule has 49 heavy (non-hydrogen) atoms. The Morgan fingerprint density at radius 1 is 1.10 bits per heavy atom. The smallest absolute Gasteiger partial charge is 0.413 e. The van der Waals surface area contributed by atoms with E-state index in [0.29, 0.717) is 31.7 Å². The molecule has 0 radical (unpaired) electrons. The van der Waals surface area contributed by atoms with Crippen molar-refractivity contribution in [2.75, 3.05) is 18.4 Å². The van der Waals surface area contributed by atoms with Crippen LogP contribution in [-0.2, 0) is 41.8 Å². The molecule has 0 spiro atoms. The number of carbonyl (C=O) groups is 5. The second-order valence-electron chi connectivity index (χ2n) is 13.4. The van der Waals surface area contributed by atoms with Crippen molar-refractivity contribution in [1.29, 1.82) is 0 Å². The van der Waals surface area contributed by atoms with Gasteiger partial charge in [-0.15, -0.1) is 11.3 Å². The molecule has 3 heterocycles. The number of aromatic nitrogens is 4. The average Bonchev–Trinajstić information content (AvgIpc) is 3.42. The van der Waals surface area contributed by atoms with Crippen molar-refractivity contribution in [2.45, 2.75) is 103 Å². The molecule has 1 aliphatic carbocycles. The molecular formula is C29H42N10O9S. The molecule has 1 aliphatic heterocycles. The lowest BCUT2D eigenvalue weighted by Crippen LogP contribution is -2.70. The van der Waals surface area contributed by atoms with Crippen molar-refractivity contribution in [3.8, 4) is 0 Å². The van der Waals surface area contributed by atoms with Crippen molar-refractivity contribution in [2.24, 2.45) is 5.16 Å². The largest absolute Gasteiger partial charge is 0.478 e. The molecule has 268 valence electrons. The van der Waals surface area contributed by atoms with Gasteiger partial charge in [0, 0.05) is 31.3 Å². The number of carboxylic acid groups (broad SMARTS) is 1. The van der Waals surface area contributed by atoms with E-state index in [2.05, 4.69) is 46.9 Å². The van der Waals surface area contributed by atoms with Crippen LogP contribution in [0.5, 0.6) is 0 Å². The highest BCUT2D eigenvalue weighted by Gasteiger charge is 2.55. The molecule has 2 aromatic heterocycles. The van der Waals surface area contributed by atoms with Gasteiger partial charge in [0.1, 0.15) is 22.9 Å². The first-order valence-corrected chi connectivity index (χ1v) is 16.4. The van der Waals surface area contributed by atoms with Crippen molar-refractivity contribution < 1.29 is 43.4 Å². The van der Waals surface area contributed by atoms with E-state index in [1.807, 2.05) is 0 Å². The van der Waals surface area contributed by atoms with Gasteiger partial charge in [0.15, 0.2) is 10.8 Å². The topological polar surface area (TPSA) is 249 Å². The molecule has 1 saturated heterocycles. The fourth-order valence-corrected chi connectivity index (χ4v) is 4.89. The number of ether oxygens (including phenoxy) is 2. The summed E-state index contributed by atoms with van der Waals surface area (Å²) in [7, 11) is 0. The summed E-state index contributed by atoms with van der Waals surface area (Å²) in [4.78, 5) is 72.4. The third kappa shape index (κ3) is 11.1. The van der Waals surface area contributed by atoms with Crippen LogP contribution in [0.1, 0.15) is 72.2 Å². The maximum Gasteiger partial charge on any atom is 0.413 e. The average molecular weight is 707 g/mol. The number of aliphatic carboxylic acids is 1. The molecule has 0 aromatic carbocycles. The number of amides is 4. The zero-order valence-corrected chi connectivity index (χ0v) is 28.9. The minimum Gasteiger partial charge on any atom is -0.478 e. The minimum absolute atomic E-state index is 0.0162. The zero-order valence-electron chi connectivity index (χ0n) is 28.1. The fourth-order valence-electron chi connectivity index (χ4n) is 4.21. The van der Waals surface area contributed by atoms with Gasteiger partial charge in [-0.2, -0.15) is 15.0 Å². The minimum atomic E-state index is -1.55. The zero-order chi connectivity index (χ0) is 36.0. The molecule has 6 N–H and O–H groups in total. The normalized spacial score (nSPS) is 18.4. The van der Waals surface area contributed by atoms with Gasteiger partial charge in [0.05, 0.1) is 24.5 Å². The van der Waals surface area contributed by atoms with Gasteiger partial charge in [0.25, 0.3) is 5.91 Å². The molecule has 4 amide bonds. The number of rotatable bonds is 15. The molecule has 0 unspecified atom stereocenters. The van der Waals surface area contributed by atoms with Crippen molar-refractivity contribution >= 4 is 52.2 Å². The Balaban J connectivity index is 1.32. The van der Waals surface area contributed by atoms with Crippen LogP contribution in [0.2, 0.25) is 0 Å². The number of anilines is 1. The highest BCUT2D eigenvalue weighted by atomic mass is 32.1. The molecule has 2 fully saturated rings. The van der Waals surface area contributed by atoms with E-state index in [9.17, 15) is 29.1 Å². The lowest BCUT2D eigenvalue weighted by atomic mass is 9.98. The quantitative estimate of drug-likeness (QED) is 0.0658. The van der Waals surface area contributed by atoms with Gasteiger partial charge in [-0.3, -0.25) is 14.9 Å². The van der Waals surface area contributed by atoms with Gasteiger partial charge in [0.2, 0.25) is 11.5 Å². The van der Waals surface area contributed by atoms with Crippen molar-refractivity contribution in [3.63, 3.8) is 0 Å². The number of β-lactam (4-membered cyclic amide) rings is 1. The molecule has 2 aliphatic rings. The van der Waals surface area contributed by atoms with Crippen LogP contribution in [0.4, 0.5) is 14.7 Å². The van der Waals surface area contributed by atoms with Gasteiger partial charge >= 0.3 is 18.2 Å². The maximum atomic E-state index is 13.4. The second-order valence-corrected chi connectivity index (χ2v) is 14.3. The molecule has 20 heteroatoms. The molecule has 2 atom stereocenters. The monoisotopic (exact) mass is 706 g/mol.